The molecule has 0 saturated heterocycles. The first kappa shape index (κ1) is 19.0. The van der Waals surface area contributed by atoms with E-state index in [4.69, 9.17) is 0 Å². The highest BCUT2D eigenvalue weighted by molar-refractivity contribution is 5.80. The minimum absolute atomic E-state index is 0.239. The van der Waals surface area contributed by atoms with E-state index in [0.717, 1.165) is 37.0 Å². The second-order valence-electron chi connectivity index (χ2n) is 6.25. The molecule has 0 spiro atoms. The summed E-state index contributed by atoms with van der Waals surface area (Å²) >= 11 is 0. The Morgan fingerprint density at radius 3 is 2.68 bits per heavy atom. The van der Waals surface area contributed by atoms with Crippen molar-refractivity contribution in [2.24, 2.45) is 12.0 Å². The smallest absolute Gasteiger partial charge is 0.191 e. The maximum absolute atomic E-state index is 4.65. The summed E-state index contributed by atoms with van der Waals surface area (Å²) in [5.41, 5.74) is 3.60. The van der Waals surface area contributed by atoms with Crippen LogP contribution in [0.4, 0.5) is 0 Å². The summed E-state index contributed by atoms with van der Waals surface area (Å²) in [7, 11) is 1.99. The average molecular weight is 346 g/mol. The van der Waals surface area contributed by atoms with Gasteiger partial charge in [-0.25, -0.2) is 4.99 Å². The molecule has 0 amide bonds. The van der Waals surface area contributed by atoms with Crippen LogP contribution in [-0.2, 0) is 26.6 Å². The van der Waals surface area contributed by atoms with E-state index in [2.05, 4.69) is 65.5 Å². The first-order chi connectivity index (χ1) is 12.0. The third-order valence-electron chi connectivity index (χ3n) is 4.31. The third-order valence-corrected chi connectivity index (χ3v) is 4.31. The summed E-state index contributed by atoms with van der Waals surface area (Å²) in [6, 6.07) is 0.239. The van der Waals surface area contributed by atoms with Crippen LogP contribution in [0.5, 0.6) is 0 Å². The van der Waals surface area contributed by atoms with Gasteiger partial charge in [-0.2, -0.15) is 5.10 Å². The molecule has 1 unspecified atom stereocenters. The van der Waals surface area contributed by atoms with E-state index in [1.165, 1.54) is 11.3 Å². The van der Waals surface area contributed by atoms with Crippen LogP contribution < -0.4 is 10.6 Å². The SMILES string of the molecule is CCNC(=NCc1nncn1CC)NC(C)Cc1c(C)nn(C)c1C. The van der Waals surface area contributed by atoms with E-state index < -0.39 is 0 Å². The Labute approximate surface area is 149 Å². The van der Waals surface area contributed by atoms with Crippen molar-refractivity contribution in [1.29, 1.82) is 0 Å². The minimum atomic E-state index is 0.239. The molecule has 0 fully saturated rings. The number of hydrogen-bond donors (Lipinski definition) is 2. The topological polar surface area (TPSA) is 84.9 Å². The number of aromatic nitrogens is 5. The van der Waals surface area contributed by atoms with E-state index in [-0.39, 0.29) is 6.04 Å². The van der Waals surface area contributed by atoms with Gasteiger partial charge in [0.25, 0.3) is 0 Å². The lowest BCUT2D eigenvalue weighted by Gasteiger charge is -2.18. The summed E-state index contributed by atoms with van der Waals surface area (Å²) in [5, 5.41) is 19.3. The van der Waals surface area contributed by atoms with Crippen LogP contribution in [-0.4, -0.2) is 43.1 Å². The monoisotopic (exact) mass is 346 g/mol. The summed E-state index contributed by atoms with van der Waals surface area (Å²) in [5.74, 6) is 1.66. The van der Waals surface area contributed by atoms with Crippen molar-refractivity contribution >= 4 is 5.96 Å². The largest absolute Gasteiger partial charge is 0.357 e. The maximum atomic E-state index is 4.65. The molecule has 0 saturated carbocycles. The molecule has 0 radical (unpaired) electrons. The molecule has 0 aliphatic carbocycles. The number of guanidine groups is 1. The van der Waals surface area contributed by atoms with Crippen LogP contribution in [0.2, 0.25) is 0 Å². The van der Waals surface area contributed by atoms with Gasteiger partial charge in [-0.1, -0.05) is 0 Å². The molecule has 2 heterocycles. The van der Waals surface area contributed by atoms with Crippen molar-refractivity contribution in [3.05, 3.63) is 29.1 Å². The third kappa shape index (κ3) is 4.80. The zero-order chi connectivity index (χ0) is 18.4. The highest BCUT2D eigenvalue weighted by atomic mass is 15.3. The molecule has 2 rings (SSSR count). The van der Waals surface area contributed by atoms with Gasteiger partial charge >= 0.3 is 0 Å². The molecule has 8 heteroatoms. The molecule has 0 bridgehead atoms. The lowest BCUT2D eigenvalue weighted by molar-refractivity contribution is 0.632. The Hall–Kier alpha value is -2.38. The van der Waals surface area contributed by atoms with Crippen molar-refractivity contribution in [2.75, 3.05) is 6.54 Å². The molecule has 0 aliphatic rings. The predicted octanol–water partition coefficient (Wildman–Crippen LogP) is 1.33. The normalized spacial score (nSPS) is 13.1. The van der Waals surface area contributed by atoms with Crippen LogP contribution in [0.15, 0.2) is 11.3 Å². The highest BCUT2D eigenvalue weighted by Gasteiger charge is 2.14. The molecule has 1 atom stereocenters. The van der Waals surface area contributed by atoms with Gasteiger partial charge in [0.15, 0.2) is 11.8 Å². The molecule has 0 aromatic carbocycles. The van der Waals surface area contributed by atoms with Crippen molar-refractivity contribution in [1.82, 2.24) is 35.2 Å². The number of rotatable bonds is 7. The van der Waals surface area contributed by atoms with E-state index in [1.54, 1.807) is 6.33 Å². The fraction of sp³-hybridized carbons (Fsp3) is 0.647. The molecule has 0 aliphatic heterocycles. The molecular formula is C17H30N8. The van der Waals surface area contributed by atoms with Gasteiger partial charge in [0.05, 0.1) is 5.69 Å². The fourth-order valence-corrected chi connectivity index (χ4v) is 2.84. The highest BCUT2D eigenvalue weighted by Crippen LogP contribution is 2.14. The summed E-state index contributed by atoms with van der Waals surface area (Å²) in [4.78, 5) is 4.65. The zero-order valence-corrected chi connectivity index (χ0v) is 16.2. The van der Waals surface area contributed by atoms with Gasteiger partial charge in [0.1, 0.15) is 12.9 Å². The average Bonchev–Trinajstić information content (AvgIpc) is 3.12. The number of aryl methyl sites for hydroxylation is 3. The number of hydrogen-bond acceptors (Lipinski definition) is 4. The van der Waals surface area contributed by atoms with Crippen LogP contribution in [0, 0.1) is 13.8 Å². The van der Waals surface area contributed by atoms with E-state index in [9.17, 15) is 0 Å². The van der Waals surface area contributed by atoms with Crippen molar-refractivity contribution < 1.29 is 0 Å². The van der Waals surface area contributed by atoms with E-state index in [0.29, 0.717) is 6.54 Å². The Kier molecular flexibility index (Phi) is 6.55. The van der Waals surface area contributed by atoms with E-state index in [1.807, 2.05) is 16.3 Å². The molecule has 2 aromatic heterocycles. The fourth-order valence-electron chi connectivity index (χ4n) is 2.84. The summed E-state index contributed by atoms with van der Waals surface area (Å²) in [6.45, 7) is 12.6. The van der Waals surface area contributed by atoms with Gasteiger partial charge in [0, 0.05) is 31.9 Å². The van der Waals surface area contributed by atoms with Crippen LogP contribution in [0.3, 0.4) is 0 Å². The van der Waals surface area contributed by atoms with Gasteiger partial charge in [-0.15, -0.1) is 10.2 Å². The van der Waals surface area contributed by atoms with Crippen molar-refractivity contribution in [2.45, 2.75) is 60.2 Å². The lowest BCUT2D eigenvalue weighted by atomic mass is 10.1. The lowest BCUT2D eigenvalue weighted by Crippen LogP contribution is -2.43. The van der Waals surface area contributed by atoms with Crippen LogP contribution in [0.1, 0.15) is 43.5 Å². The molecular weight excluding hydrogens is 316 g/mol. The van der Waals surface area contributed by atoms with Gasteiger partial charge in [-0.3, -0.25) is 4.68 Å². The van der Waals surface area contributed by atoms with Gasteiger partial charge in [0.2, 0.25) is 0 Å². The van der Waals surface area contributed by atoms with Crippen molar-refractivity contribution in [3.63, 3.8) is 0 Å². The Morgan fingerprint density at radius 2 is 2.08 bits per heavy atom. The molecule has 25 heavy (non-hydrogen) atoms. The minimum Gasteiger partial charge on any atom is -0.357 e. The first-order valence-corrected chi connectivity index (χ1v) is 8.86. The Bertz CT molecular complexity index is 712. The van der Waals surface area contributed by atoms with Crippen LogP contribution in [0.25, 0.3) is 0 Å². The van der Waals surface area contributed by atoms with E-state index >= 15 is 0 Å². The van der Waals surface area contributed by atoms with Crippen molar-refractivity contribution in [3.8, 4) is 0 Å². The van der Waals surface area contributed by atoms with Gasteiger partial charge in [-0.05, 0) is 46.6 Å². The van der Waals surface area contributed by atoms with Crippen LogP contribution >= 0.6 is 0 Å². The number of aliphatic imine (C=N–C) groups is 1. The molecule has 8 nitrogen and oxygen atoms in total. The molecule has 138 valence electrons. The van der Waals surface area contributed by atoms with Gasteiger partial charge < -0.3 is 15.2 Å². The standard InChI is InChI=1S/C17H30N8/c1-7-18-17(19-10-16-22-20-11-25(16)8-2)21-12(3)9-15-13(4)23-24(6)14(15)5/h11-12H,7-10H2,1-6H3,(H2,18,19,21). The Balaban J connectivity index is 2.03. The molecule has 2 aromatic rings. The predicted molar refractivity (Wildman–Crippen MR) is 99.5 cm³/mol. The summed E-state index contributed by atoms with van der Waals surface area (Å²) in [6.07, 6.45) is 2.64. The maximum Gasteiger partial charge on any atom is 0.191 e. The summed E-state index contributed by atoms with van der Waals surface area (Å²) < 4.78 is 3.94. The first-order valence-electron chi connectivity index (χ1n) is 8.86. The Morgan fingerprint density at radius 1 is 1.32 bits per heavy atom. The quantitative estimate of drug-likeness (QED) is 0.584. The molecule has 2 N–H and O–H groups in total. The number of nitrogens with zero attached hydrogens (tertiary/aromatic N) is 6. The second-order valence-corrected chi connectivity index (χ2v) is 6.25. The zero-order valence-electron chi connectivity index (χ0n) is 16.2. The second kappa shape index (κ2) is 8.64. The number of nitrogens with one attached hydrogen (secondary N) is 2.